The number of halogens is 4. The molecule has 33 heavy (non-hydrogen) atoms. The van der Waals surface area contributed by atoms with Gasteiger partial charge in [-0.1, -0.05) is 28.1 Å². The van der Waals surface area contributed by atoms with Gasteiger partial charge in [0.05, 0.1) is 5.56 Å². The van der Waals surface area contributed by atoms with Gasteiger partial charge in [0.25, 0.3) is 0 Å². The van der Waals surface area contributed by atoms with Gasteiger partial charge < -0.3 is 16.4 Å². The molecule has 0 aliphatic heterocycles. The molecule has 2 amide bonds. The van der Waals surface area contributed by atoms with Crippen molar-refractivity contribution in [3.8, 4) is 11.1 Å². The minimum atomic E-state index is -4.55. The molecule has 169 valence electrons. The lowest BCUT2D eigenvalue weighted by atomic mass is 10.0. The van der Waals surface area contributed by atoms with E-state index in [0.29, 0.717) is 23.4 Å². The van der Waals surface area contributed by atoms with Gasteiger partial charge in [-0.2, -0.15) is 18.3 Å². The smallest absolute Gasteiger partial charge is 0.382 e. The van der Waals surface area contributed by atoms with Gasteiger partial charge in [0.1, 0.15) is 11.8 Å². The molecule has 11 heteroatoms. The number of nitrogen functional groups attached to an aromatic ring is 1. The maximum atomic E-state index is 13.1. The van der Waals surface area contributed by atoms with Crippen LogP contribution in [-0.4, -0.2) is 20.6 Å². The number of urea groups is 1. The van der Waals surface area contributed by atoms with E-state index in [0.717, 1.165) is 22.8 Å². The molecule has 2 aromatic heterocycles. The van der Waals surface area contributed by atoms with E-state index in [4.69, 9.17) is 5.73 Å². The second kappa shape index (κ2) is 8.74. The fourth-order valence-corrected chi connectivity index (χ4v) is 3.90. The number of amides is 2. The number of anilines is 3. The zero-order chi connectivity index (χ0) is 23.8. The Balaban J connectivity index is 1.54. The number of nitrogens with two attached hydrogens (primary N) is 1. The standard InChI is InChI=1S/C22H17BrF3N6O/c1-2-12-10-32-19(20(27)28-11-29-32)18(12)13-3-5-14(6-4-13)30-21(33)31-15-7-8-17(23)16(9-15)22(24,25)26/h3-11H,1-2H2,(H2,27,28,29)(H2,30,31,33). The van der Waals surface area contributed by atoms with E-state index in [1.807, 2.05) is 6.20 Å². The average molecular weight is 518 g/mol. The number of hydrogen-bond acceptors (Lipinski definition) is 4. The largest absolute Gasteiger partial charge is 0.417 e. The summed E-state index contributed by atoms with van der Waals surface area (Å²) >= 11 is 2.87. The third kappa shape index (κ3) is 4.63. The molecular formula is C22H17BrF3N6O. The summed E-state index contributed by atoms with van der Waals surface area (Å²) in [4.78, 5) is 16.4. The van der Waals surface area contributed by atoms with Gasteiger partial charge in [-0.25, -0.2) is 14.3 Å². The van der Waals surface area contributed by atoms with Crippen LogP contribution in [0.1, 0.15) is 11.1 Å². The Bertz CT molecular complexity index is 1330. The Morgan fingerprint density at radius 3 is 2.45 bits per heavy atom. The van der Waals surface area contributed by atoms with Crippen molar-refractivity contribution >= 4 is 44.7 Å². The summed E-state index contributed by atoms with van der Waals surface area (Å²) in [5.74, 6) is 0.328. The molecule has 0 saturated carbocycles. The SMILES string of the molecule is [CH2]Cc1cn2ncnc(N)c2c1-c1ccc(NC(=O)Nc2ccc(Br)c(C(F)(F)F)c2)cc1. The molecule has 0 atom stereocenters. The predicted octanol–water partition coefficient (Wildman–Crippen LogP) is 5.78. The lowest BCUT2D eigenvalue weighted by Gasteiger charge is -2.13. The van der Waals surface area contributed by atoms with Crippen LogP contribution in [0.3, 0.4) is 0 Å². The van der Waals surface area contributed by atoms with Crippen LogP contribution in [0.25, 0.3) is 16.6 Å². The molecule has 0 spiro atoms. The second-order valence-corrected chi connectivity index (χ2v) is 7.92. The van der Waals surface area contributed by atoms with Crippen molar-refractivity contribution in [3.63, 3.8) is 0 Å². The first-order valence-corrected chi connectivity index (χ1v) is 10.4. The van der Waals surface area contributed by atoms with Crippen molar-refractivity contribution in [1.82, 2.24) is 14.6 Å². The monoisotopic (exact) mass is 517 g/mol. The molecule has 0 saturated heterocycles. The van der Waals surface area contributed by atoms with Crippen LogP contribution in [0.15, 0.2) is 59.5 Å². The number of rotatable bonds is 4. The van der Waals surface area contributed by atoms with Gasteiger partial charge in [0.2, 0.25) is 0 Å². The third-order valence-electron chi connectivity index (χ3n) is 4.91. The lowest BCUT2D eigenvalue weighted by Crippen LogP contribution is -2.19. The van der Waals surface area contributed by atoms with Crippen molar-refractivity contribution in [2.75, 3.05) is 16.4 Å². The predicted molar refractivity (Wildman–Crippen MR) is 124 cm³/mol. The fraction of sp³-hybridized carbons (Fsp3) is 0.0909. The first-order chi connectivity index (χ1) is 15.7. The van der Waals surface area contributed by atoms with Gasteiger partial charge in [-0.3, -0.25) is 0 Å². The normalized spacial score (nSPS) is 11.5. The van der Waals surface area contributed by atoms with E-state index in [1.54, 1.807) is 28.8 Å². The average Bonchev–Trinajstić information content (AvgIpc) is 3.15. The van der Waals surface area contributed by atoms with E-state index >= 15 is 0 Å². The van der Waals surface area contributed by atoms with E-state index in [-0.39, 0.29) is 10.2 Å². The molecule has 0 bridgehead atoms. The first kappa shape index (κ1) is 22.6. The Hall–Kier alpha value is -3.60. The van der Waals surface area contributed by atoms with Crippen LogP contribution < -0.4 is 16.4 Å². The summed E-state index contributed by atoms with van der Waals surface area (Å²) in [6, 6.07) is 9.71. The molecule has 0 fully saturated rings. The van der Waals surface area contributed by atoms with E-state index in [2.05, 4.69) is 43.6 Å². The summed E-state index contributed by atoms with van der Waals surface area (Å²) in [7, 11) is 0. The fourth-order valence-electron chi connectivity index (χ4n) is 3.43. The minimum absolute atomic E-state index is 0.00971. The molecule has 0 unspecified atom stereocenters. The number of alkyl halides is 3. The Morgan fingerprint density at radius 1 is 1.12 bits per heavy atom. The van der Waals surface area contributed by atoms with Gasteiger partial charge in [0.15, 0.2) is 5.82 Å². The highest BCUT2D eigenvalue weighted by molar-refractivity contribution is 9.10. The van der Waals surface area contributed by atoms with Crippen molar-refractivity contribution in [2.24, 2.45) is 0 Å². The van der Waals surface area contributed by atoms with E-state index in [9.17, 15) is 18.0 Å². The Labute approximate surface area is 194 Å². The third-order valence-corrected chi connectivity index (χ3v) is 5.60. The summed E-state index contributed by atoms with van der Waals surface area (Å²) in [6.07, 6.45) is -0.836. The minimum Gasteiger partial charge on any atom is -0.382 e. The summed E-state index contributed by atoms with van der Waals surface area (Å²) in [5, 5.41) is 9.19. The van der Waals surface area contributed by atoms with Gasteiger partial charge in [0, 0.05) is 27.6 Å². The topological polar surface area (TPSA) is 97.3 Å². The van der Waals surface area contributed by atoms with Crippen molar-refractivity contribution in [1.29, 1.82) is 0 Å². The van der Waals surface area contributed by atoms with Crippen LogP contribution in [0.4, 0.5) is 35.2 Å². The van der Waals surface area contributed by atoms with Crippen LogP contribution in [0.2, 0.25) is 0 Å². The highest BCUT2D eigenvalue weighted by Crippen LogP contribution is 2.36. The summed E-state index contributed by atoms with van der Waals surface area (Å²) in [6.45, 7) is 3.95. The first-order valence-electron chi connectivity index (χ1n) is 9.62. The van der Waals surface area contributed by atoms with Crippen molar-refractivity contribution in [3.05, 3.63) is 77.5 Å². The number of hydrogen-bond donors (Lipinski definition) is 3. The van der Waals surface area contributed by atoms with Crippen LogP contribution in [-0.2, 0) is 12.6 Å². The van der Waals surface area contributed by atoms with E-state index in [1.165, 1.54) is 18.5 Å². The zero-order valence-corrected chi connectivity index (χ0v) is 18.5. The summed E-state index contributed by atoms with van der Waals surface area (Å²) < 4.78 is 40.7. The maximum absolute atomic E-state index is 13.1. The zero-order valence-electron chi connectivity index (χ0n) is 16.9. The molecule has 0 aliphatic rings. The lowest BCUT2D eigenvalue weighted by molar-refractivity contribution is -0.138. The van der Waals surface area contributed by atoms with Gasteiger partial charge >= 0.3 is 12.2 Å². The molecule has 4 rings (SSSR count). The molecule has 0 aliphatic carbocycles. The second-order valence-electron chi connectivity index (χ2n) is 7.07. The number of fused-ring (bicyclic) bond motifs is 1. The molecule has 4 N–H and O–H groups in total. The highest BCUT2D eigenvalue weighted by Gasteiger charge is 2.33. The van der Waals surface area contributed by atoms with Crippen LogP contribution in [0.5, 0.6) is 0 Å². The number of aromatic nitrogens is 3. The van der Waals surface area contributed by atoms with Gasteiger partial charge in [-0.05, 0) is 54.8 Å². The molecule has 7 nitrogen and oxygen atoms in total. The molecule has 2 aromatic carbocycles. The van der Waals surface area contributed by atoms with Crippen LogP contribution >= 0.6 is 15.9 Å². The van der Waals surface area contributed by atoms with Crippen LogP contribution in [0, 0.1) is 6.92 Å². The summed E-state index contributed by atoms with van der Waals surface area (Å²) in [5.41, 5.74) is 8.88. The Kier molecular flexibility index (Phi) is 5.98. The number of nitrogens with zero attached hydrogens (tertiary/aromatic N) is 3. The van der Waals surface area contributed by atoms with Gasteiger partial charge in [-0.15, -0.1) is 0 Å². The molecule has 2 heterocycles. The van der Waals surface area contributed by atoms with Crippen molar-refractivity contribution < 1.29 is 18.0 Å². The number of benzene rings is 2. The number of nitrogens with one attached hydrogen (secondary N) is 2. The molecular weight excluding hydrogens is 501 g/mol. The van der Waals surface area contributed by atoms with E-state index < -0.39 is 17.8 Å². The Morgan fingerprint density at radius 2 is 1.79 bits per heavy atom. The molecule has 1 radical (unpaired) electrons. The molecule has 4 aromatic rings. The number of carbonyl (C=O) groups excluding carboxylic acids is 1. The number of carbonyl (C=O) groups is 1. The maximum Gasteiger partial charge on any atom is 0.417 e. The highest BCUT2D eigenvalue weighted by atomic mass is 79.9. The van der Waals surface area contributed by atoms with Crippen molar-refractivity contribution in [2.45, 2.75) is 12.6 Å². The quantitative estimate of drug-likeness (QED) is 0.319.